The fourth-order valence-corrected chi connectivity index (χ4v) is 7.45. The van der Waals surface area contributed by atoms with Gasteiger partial charge in [-0.05, 0) is 59.7 Å². The third-order valence-corrected chi connectivity index (χ3v) is 9.73. The van der Waals surface area contributed by atoms with E-state index in [0.29, 0.717) is 0 Å². The number of rotatable bonds is 10. The van der Waals surface area contributed by atoms with E-state index >= 15 is 0 Å². The predicted octanol–water partition coefficient (Wildman–Crippen LogP) is 11.9. The summed E-state index contributed by atoms with van der Waals surface area (Å²) in [4.78, 5) is 10.2. The fraction of sp³-hybridized carbons (Fsp3) is 0.209. The van der Waals surface area contributed by atoms with Gasteiger partial charge in [0.15, 0.2) is 0 Å². The zero-order valence-electron chi connectivity index (χ0n) is 25.8. The van der Waals surface area contributed by atoms with Crippen LogP contribution in [-0.2, 0) is 12.8 Å². The first-order valence-corrected chi connectivity index (χ1v) is 16.7. The monoisotopic (exact) mass is 582 g/mol. The van der Waals surface area contributed by atoms with E-state index in [1.165, 1.54) is 99.2 Å². The molecule has 0 aliphatic rings. The summed E-state index contributed by atoms with van der Waals surface area (Å²) in [7, 11) is 0. The number of nitrogens with zero attached hydrogens (tertiary/aromatic N) is 2. The van der Waals surface area contributed by atoms with E-state index in [0.717, 1.165) is 34.9 Å². The summed E-state index contributed by atoms with van der Waals surface area (Å²) in [6, 6.07) is 43.8. The first kappa shape index (κ1) is 27.7. The Hall–Kier alpha value is -4.82. The molecular formula is C43H38N2. The van der Waals surface area contributed by atoms with Gasteiger partial charge in [-0.1, -0.05) is 141 Å². The molecule has 0 bridgehead atoms. The number of aromatic nitrogens is 2. The molecule has 2 heterocycles. The van der Waals surface area contributed by atoms with E-state index in [-0.39, 0.29) is 0 Å². The summed E-state index contributed by atoms with van der Waals surface area (Å²) >= 11 is 0. The number of hydrogen-bond donors (Lipinski definition) is 0. The highest BCUT2D eigenvalue weighted by molar-refractivity contribution is 6.11. The van der Waals surface area contributed by atoms with Crippen molar-refractivity contribution in [3.63, 3.8) is 0 Å². The Morgan fingerprint density at radius 2 is 0.689 bits per heavy atom. The van der Waals surface area contributed by atoms with Gasteiger partial charge in [0.2, 0.25) is 0 Å². The second-order valence-electron chi connectivity index (χ2n) is 12.6. The fourth-order valence-electron chi connectivity index (χ4n) is 7.45. The molecule has 45 heavy (non-hydrogen) atoms. The summed E-state index contributed by atoms with van der Waals surface area (Å²) in [5, 5.41) is 10.3. The molecule has 0 saturated heterocycles. The Kier molecular flexibility index (Phi) is 7.57. The zero-order chi connectivity index (χ0) is 30.0. The van der Waals surface area contributed by atoms with E-state index in [1.54, 1.807) is 0 Å². The topological polar surface area (TPSA) is 25.8 Å². The summed E-state index contributed by atoms with van der Waals surface area (Å²) in [6.45, 7) is 0. The van der Waals surface area contributed by atoms with Crippen LogP contribution in [0.5, 0.6) is 0 Å². The highest BCUT2D eigenvalue weighted by Crippen LogP contribution is 2.34. The molecule has 2 nitrogen and oxygen atoms in total. The molecule has 0 aliphatic carbocycles. The molecule has 2 heteroatoms. The second-order valence-corrected chi connectivity index (χ2v) is 12.6. The van der Waals surface area contributed by atoms with Crippen LogP contribution in [0.3, 0.4) is 0 Å². The first-order valence-electron chi connectivity index (χ1n) is 16.7. The van der Waals surface area contributed by atoms with Crippen molar-refractivity contribution >= 4 is 65.2 Å². The predicted molar refractivity (Wildman–Crippen MR) is 193 cm³/mol. The van der Waals surface area contributed by atoms with Crippen LogP contribution in [0.4, 0.5) is 0 Å². The van der Waals surface area contributed by atoms with Gasteiger partial charge in [0.1, 0.15) is 0 Å². The number of aryl methyl sites for hydroxylation is 2. The lowest BCUT2D eigenvalue weighted by atomic mass is 9.94. The van der Waals surface area contributed by atoms with Crippen molar-refractivity contribution in [1.29, 1.82) is 0 Å². The number of unbranched alkanes of at least 4 members (excludes halogenated alkanes) is 6. The molecule has 6 aromatic carbocycles. The highest BCUT2D eigenvalue weighted by atomic mass is 14.7. The normalized spacial score (nSPS) is 11.9. The molecule has 8 rings (SSSR count). The average molecular weight is 583 g/mol. The Labute approximate surface area is 264 Å². The van der Waals surface area contributed by atoms with Crippen LogP contribution in [0, 0.1) is 0 Å². The van der Waals surface area contributed by atoms with Crippen molar-refractivity contribution < 1.29 is 0 Å². The van der Waals surface area contributed by atoms with Crippen LogP contribution in [0.15, 0.2) is 121 Å². The molecule has 2 aromatic heterocycles. The highest BCUT2D eigenvalue weighted by Gasteiger charge is 2.13. The van der Waals surface area contributed by atoms with Gasteiger partial charge in [0.05, 0.1) is 22.1 Å². The minimum Gasteiger partial charge on any atom is -0.247 e. The van der Waals surface area contributed by atoms with E-state index < -0.39 is 0 Å². The zero-order valence-corrected chi connectivity index (χ0v) is 25.8. The van der Waals surface area contributed by atoms with Gasteiger partial charge >= 0.3 is 0 Å². The van der Waals surface area contributed by atoms with Gasteiger partial charge in [-0.25, -0.2) is 9.97 Å². The number of fused-ring (bicyclic) bond motifs is 8. The van der Waals surface area contributed by atoms with Gasteiger partial charge in [-0.3, -0.25) is 0 Å². The van der Waals surface area contributed by atoms with Gasteiger partial charge in [0, 0.05) is 32.3 Å². The minimum absolute atomic E-state index is 1.11. The van der Waals surface area contributed by atoms with Gasteiger partial charge < -0.3 is 0 Å². The maximum atomic E-state index is 5.12. The molecule has 0 radical (unpaired) electrons. The number of benzene rings is 6. The van der Waals surface area contributed by atoms with Crippen LogP contribution in [0.1, 0.15) is 56.1 Å². The molecule has 0 saturated carbocycles. The van der Waals surface area contributed by atoms with Crippen LogP contribution >= 0.6 is 0 Å². The molecular weight excluding hydrogens is 544 g/mol. The smallest absolute Gasteiger partial charge is 0.0790 e. The average Bonchev–Trinajstić information content (AvgIpc) is 3.10. The second kappa shape index (κ2) is 12.3. The van der Waals surface area contributed by atoms with Crippen molar-refractivity contribution in [3.8, 4) is 0 Å². The van der Waals surface area contributed by atoms with Gasteiger partial charge in [0.25, 0.3) is 0 Å². The maximum Gasteiger partial charge on any atom is 0.0790 e. The van der Waals surface area contributed by atoms with Crippen LogP contribution in [-0.4, -0.2) is 9.97 Å². The molecule has 0 fully saturated rings. The third kappa shape index (κ3) is 5.29. The summed E-state index contributed by atoms with van der Waals surface area (Å²) in [5.41, 5.74) is 7.44. The van der Waals surface area contributed by atoms with E-state index in [1.807, 2.05) is 0 Å². The largest absolute Gasteiger partial charge is 0.247 e. The lowest BCUT2D eigenvalue weighted by Gasteiger charge is -2.13. The summed E-state index contributed by atoms with van der Waals surface area (Å²) in [5.74, 6) is 0. The van der Waals surface area contributed by atoms with Gasteiger partial charge in [-0.2, -0.15) is 0 Å². The third-order valence-electron chi connectivity index (χ3n) is 9.73. The molecule has 0 atom stereocenters. The molecule has 0 amide bonds. The number of hydrogen-bond acceptors (Lipinski definition) is 2. The van der Waals surface area contributed by atoms with E-state index in [4.69, 9.17) is 9.97 Å². The molecule has 0 aliphatic heterocycles. The SMILES string of the molecule is c1ccc2c(c1)ccc1c(CCCCCCCCCc3c4ccccc4nc4c3ccc3ccccc34)c3ccccc3nc12. The lowest BCUT2D eigenvalue weighted by molar-refractivity contribution is 0.580. The van der Waals surface area contributed by atoms with Crippen molar-refractivity contribution in [1.82, 2.24) is 9.97 Å². The van der Waals surface area contributed by atoms with Gasteiger partial charge in [-0.15, -0.1) is 0 Å². The van der Waals surface area contributed by atoms with E-state index in [9.17, 15) is 0 Å². The summed E-state index contributed by atoms with van der Waals surface area (Å²) in [6.07, 6.45) is 11.1. The van der Waals surface area contributed by atoms with E-state index in [2.05, 4.69) is 121 Å². The van der Waals surface area contributed by atoms with Crippen molar-refractivity contribution in [2.75, 3.05) is 0 Å². The van der Waals surface area contributed by atoms with Crippen molar-refractivity contribution in [2.24, 2.45) is 0 Å². The maximum absolute atomic E-state index is 5.12. The van der Waals surface area contributed by atoms with Crippen LogP contribution < -0.4 is 0 Å². The van der Waals surface area contributed by atoms with Crippen LogP contribution in [0.2, 0.25) is 0 Å². The Bertz CT molecular complexity index is 2150. The quantitative estimate of drug-likeness (QED) is 0.0910. The number of pyridine rings is 2. The molecule has 0 N–H and O–H groups in total. The molecule has 8 aromatic rings. The lowest BCUT2D eigenvalue weighted by Crippen LogP contribution is -1.95. The summed E-state index contributed by atoms with van der Waals surface area (Å²) < 4.78 is 0. The molecule has 220 valence electrons. The Morgan fingerprint density at radius 3 is 1.16 bits per heavy atom. The van der Waals surface area contributed by atoms with Crippen molar-refractivity contribution in [3.05, 3.63) is 132 Å². The first-order chi connectivity index (χ1) is 22.3. The Morgan fingerprint density at radius 1 is 0.311 bits per heavy atom. The van der Waals surface area contributed by atoms with Crippen LogP contribution in [0.25, 0.3) is 65.2 Å². The Balaban J connectivity index is 0.903. The standard InChI is InChI=1S/C43H38N2/c1(2-4-6-20-34-36-22-12-14-24-40(36)44-42-32-18-10-8-16-30(32)26-28-38(34)42)3-5-7-21-35-37-23-13-15-25-41(37)45-43-33-19-11-9-17-31(33)27-29-39(35)43/h8-19,22-29H,1-7,20-21H2. The van der Waals surface area contributed by atoms with Crippen molar-refractivity contribution in [2.45, 2.75) is 57.8 Å². The molecule has 0 unspecified atom stereocenters. The molecule has 0 spiro atoms. The minimum atomic E-state index is 1.11. The number of para-hydroxylation sites is 2.